The third-order valence-electron chi connectivity index (χ3n) is 6.01. The van der Waals surface area contributed by atoms with Crippen LogP contribution in [0.3, 0.4) is 0 Å². The van der Waals surface area contributed by atoms with Crippen molar-refractivity contribution in [3.05, 3.63) is 41.7 Å². The predicted molar refractivity (Wildman–Crippen MR) is 120 cm³/mol. The van der Waals surface area contributed by atoms with Gasteiger partial charge < -0.3 is 19.7 Å². The number of hydrogen-bond donors (Lipinski definition) is 1. The number of piperidine rings is 1. The molecule has 1 spiro atoms. The molecule has 1 aromatic carbocycles. The minimum absolute atomic E-state index is 0. The largest absolute Gasteiger partial charge is 0.493 e. The van der Waals surface area contributed by atoms with Crippen LogP contribution >= 0.6 is 24.8 Å². The van der Waals surface area contributed by atoms with Gasteiger partial charge in [0.25, 0.3) is 5.91 Å². The maximum absolute atomic E-state index is 13.0. The first-order chi connectivity index (χ1) is 13.6. The van der Waals surface area contributed by atoms with Crippen LogP contribution in [0.15, 0.2) is 30.6 Å². The molecule has 166 valence electrons. The number of benzene rings is 1. The number of amides is 1. The highest BCUT2D eigenvalue weighted by molar-refractivity contribution is 5.95. The predicted octanol–water partition coefficient (Wildman–Crippen LogP) is 3.07. The fraction of sp³-hybridized carbons (Fsp3) is 0.524. The van der Waals surface area contributed by atoms with Gasteiger partial charge in [-0.3, -0.25) is 9.48 Å². The topological polar surface area (TPSA) is 68.6 Å². The molecule has 0 bridgehead atoms. The second kappa shape index (κ2) is 10.4. The van der Waals surface area contributed by atoms with Crippen molar-refractivity contribution in [2.45, 2.75) is 25.9 Å². The summed E-state index contributed by atoms with van der Waals surface area (Å²) in [5.74, 6) is 1.26. The Labute approximate surface area is 189 Å². The Hall–Kier alpha value is -1.96. The standard InChI is InChI=1S/C21H28N4O3.2ClH/c1-24-13-16(12-23-24)14-28-18-4-3-17(11-19(18)27-2)20(26)25-9-6-21(7-10-25)5-8-22-15-21;;/h3-4,11-13,22H,5-10,14-15H2,1-2H3;2*1H. The first-order valence-electron chi connectivity index (χ1n) is 9.87. The highest BCUT2D eigenvalue weighted by Gasteiger charge is 2.38. The third kappa shape index (κ3) is 5.20. The normalized spacial score (nSPS) is 17.2. The zero-order valence-electron chi connectivity index (χ0n) is 17.4. The smallest absolute Gasteiger partial charge is 0.253 e. The number of carbonyl (C=O) groups is 1. The molecular weight excluding hydrogens is 427 g/mol. The lowest BCUT2D eigenvalue weighted by molar-refractivity contribution is 0.0607. The van der Waals surface area contributed by atoms with Gasteiger partial charge >= 0.3 is 0 Å². The van der Waals surface area contributed by atoms with Crippen molar-refractivity contribution < 1.29 is 14.3 Å². The summed E-state index contributed by atoms with van der Waals surface area (Å²) in [6, 6.07) is 5.42. The Morgan fingerprint density at radius 3 is 2.57 bits per heavy atom. The molecule has 3 heterocycles. The van der Waals surface area contributed by atoms with E-state index in [2.05, 4.69) is 10.4 Å². The summed E-state index contributed by atoms with van der Waals surface area (Å²) < 4.78 is 13.1. The van der Waals surface area contributed by atoms with Crippen LogP contribution in [0.4, 0.5) is 0 Å². The zero-order chi connectivity index (χ0) is 19.6. The van der Waals surface area contributed by atoms with E-state index >= 15 is 0 Å². The summed E-state index contributed by atoms with van der Waals surface area (Å²) in [4.78, 5) is 14.9. The summed E-state index contributed by atoms with van der Waals surface area (Å²) in [5.41, 5.74) is 2.03. The van der Waals surface area contributed by atoms with E-state index in [1.54, 1.807) is 24.1 Å². The first kappa shape index (κ1) is 24.3. The van der Waals surface area contributed by atoms with Crippen LogP contribution in [0.5, 0.6) is 11.5 Å². The first-order valence-corrected chi connectivity index (χ1v) is 9.87. The molecule has 2 aliphatic heterocycles. The lowest BCUT2D eigenvalue weighted by atomic mass is 9.78. The van der Waals surface area contributed by atoms with Gasteiger partial charge in [0.05, 0.1) is 13.3 Å². The fourth-order valence-electron chi connectivity index (χ4n) is 4.22. The Bertz CT molecular complexity index is 843. The van der Waals surface area contributed by atoms with Gasteiger partial charge in [-0.15, -0.1) is 24.8 Å². The third-order valence-corrected chi connectivity index (χ3v) is 6.01. The van der Waals surface area contributed by atoms with Crippen molar-refractivity contribution in [1.29, 1.82) is 0 Å². The van der Waals surface area contributed by atoms with E-state index in [9.17, 15) is 4.79 Å². The van der Waals surface area contributed by atoms with Gasteiger partial charge in [-0.2, -0.15) is 5.10 Å². The lowest BCUT2D eigenvalue weighted by Gasteiger charge is -2.39. The molecule has 0 atom stereocenters. The number of carbonyl (C=O) groups excluding carboxylic acids is 1. The van der Waals surface area contributed by atoms with Gasteiger partial charge in [0, 0.05) is 44.0 Å². The minimum atomic E-state index is 0. The fourth-order valence-corrected chi connectivity index (χ4v) is 4.22. The molecule has 9 heteroatoms. The quantitative estimate of drug-likeness (QED) is 0.748. The van der Waals surface area contributed by atoms with Crippen molar-refractivity contribution >= 4 is 30.7 Å². The van der Waals surface area contributed by atoms with Crippen molar-refractivity contribution in [3.8, 4) is 11.5 Å². The molecule has 1 aromatic heterocycles. The van der Waals surface area contributed by atoms with E-state index < -0.39 is 0 Å². The monoisotopic (exact) mass is 456 g/mol. The average Bonchev–Trinajstić information content (AvgIpc) is 3.35. The molecule has 2 aliphatic rings. The maximum atomic E-state index is 13.0. The summed E-state index contributed by atoms with van der Waals surface area (Å²) >= 11 is 0. The summed E-state index contributed by atoms with van der Waals surface area (Å²) in [7, 11) is 3.47. The van der Waals surface area contributed by atoms with Crippen LogP contribution in [0.25, 0.3) is 0 Å². The Morgan fingerprint density at radius 2 is 1.97 bits per heavy atom. The van der Waals surface area contributed by atoms with Gasteiger partial charge in [-0.05, 0) is 49.4 Å². The number of nitrogens with one attached hydrogen (secondary N) is 1. The van der Waals surface area contributed by atoms with E-state index in [-0.39, 0.29) is 30.7 Å². The number of likely N-dealkylation sites (tertiary alicyclic amines) is 1. The van der Waals surface area contributed by atoms with E-state index in [0.717, 1.165) is 44.6 Å². The zero-order valence-corrected chi connectivity index (χ0v) is 19.1. The second-order valence-electron chi connectivity index (χ2n) is 7.90. The van der Waals surface area contributed by atoms with E-state index in [0.29, 0.717) is 29.1 Å². The van der Waals surface area contributed by atoms with Gasteiger partial charge in [0.2, 0.25) is 0 Å². The summed E-state index contributed by atoms with van der Waals surface area (Å²) in [6.07, 6.45) is 7.07. The molecule has 0 aliphatic carbocycles. The van der Waals surface area contributed by atoms with Gasteiger partial charge in [0.1, 0.15) is 6.61 Å². The van der Waals surface area contributed by atoms with Crippen LogP contribution in [-0.2, 0) is 13.7 Å². The van der Waals surface area contributed by atoms with Crippen molar-refractivity contribution in [2.75, 3.05) is 33.3 Å². The number of ether oxygens (including phenoxy) is 2. The van der Waals surface area contributed by atoms with Crippen LogP contribution in [0.1, 0.15) is 35.2 Å². The molecule has 0 radical (unpaired) electrons. The molecule has 4 rings (SSSR count). The van der Waals surface area contributed by atoms with Crippen LogP contribution in [-0.4, -0.2) is 53.9 Å². The number of aromatic nitrogens is 2. The molecule has 2 fully saturated rings. The van der Waals surface area contributed by atoms with E-state index in [4.69, 9.17) is 9.47 Å². The molecule has 1 N–H and O–H groups in total. The Kier molecular flexibility index (Phi) is 8.41. The molecule has 2 saturated heterocycles. The van der Waals surface area contributed by atoms with Gasteiger partial charge in [-0.25, -0.2) is 0 Å². The van der Waals surface area contributed by atoms with Gasteiger partial charge in [-0.1, -0.05) is 0 Å². The average molecular weight is 457 g/mol. The maximum Gasteiger partial charge on any atom is 0.253 e. The lowest BCUT2D eigenvalue weighted by Crippen LogP contribution is -2.44. The number of rotatable bonds is 5. The number of hydrogen-bond acceptors (Lipinski definition) is 5. The minimum Gasteiger partial charge on any atom is -0.493 e. The van der Waals surface area contributed by atoms with Crippen LogP contribution in [0, 0.1) is 5.41 Å². The Morgan fingerprint density at radius 1 is 1.20 bits per heavy atom. The van der Waals surface area contributed by atoms with Gasteiger partial charge in [0.15, 0.2) is 11.5 Å². The molecule has 0 unspecified atom stereocenters. The Balaban J connectivity index is 0.00000160. The second-order valence-corrected chi connectivity index (χ2v) is 7.90. The van der Waals surface area contributed by atoms with Crippen LogP contribution < -0.4 is 14.8 Å². The summed E-state index contributed by atoms with van der Waals surface area (Å²) in [5, 5.41) is 7.60. The number of methoxy groups -OCH3 is 1. The summed E-state index contributed by atoms with van der Waals surface area (Å²) in [6.45, 7) is 4.24. The van der Waals surface area contributed by atoms with Crippen molar-refractivity contribution in [2.24, 2.45) is 12.5 Å². The van der Waals surface area contributed by atoms with Crippen molar-refractivity contribution in [3.63, 3.8) is 0 Å². The number of halogens is 2. The molecule has 2 aromatic rings. The molecule has 7 nitrogen and oxygen atoms in total. The van der Waals surface area contributed by atoms with Crippen LogP contribution in [0.2, 0.25) is 0 Å². The molecule has 0 saturated carbocycles. The number of aryl methyl sites for hydroxylation is 1. The number of nitrogens with zero attached hydrogens (tertiary/aromatic N) is 3. The molecular formula is C21H30Cl2N4O3. The highest BCUT2D eigenvalue weighted by Crippen LogP contribution is 2.37. The van der Waals surface area contributed by atoms with Crippen molar-refractivity contribution in [1.82, 2.24) is 20.0 Å². The highest BCUT2D eigenvalue weighted by atomic mass is 35.5. The molecule has 1 amide bonds. The van der Waals surface area contributed by atoms with E-state index in [1.807, 2.05) is 30.3 Å². The van der Waals surface area contributed by atoms with E-state index in [1.165, 1.54) is 6.42 Å². The SMILES string of the molecule is COc1cc(C(=O)N2CCC3(CCNC3)CC2)ccc1OCc1cnn(C)c1.Cl.Cl. The molecule has 30 heavy (non-hydrogen) atoms.